The number of ether oxygens (including phenoxy) is 3. The highest BCUT2D eigenvalue weighted by atomic mass is 16.7. The quantitative estimate of drug-likeness (QED) is 0.642. The van der Waals surface area contributed by atoms with Crippen LogP contribution in [0.1, 0.15) is 19.4 Å². The molecule has 1 aliphatic rings. The van der Waals surface area contributed by atoms with Crippen LogP contribution in [-0.2, 0) is 6.54 Å². The molecular formula is C20H21N5O3. The lowest BCUT2D eigenvalue weighted by molar-refractivity contribution is 0.174. The van der Waals surface area contributed by atoms with Crippen molar-refractivity contribution >= 4 is 17.5 Å². The first kappa shape index (κ1) is 17.8. The van der Waals surface area contributed by atoms with Crippen LogP contribution in [-0.4, -0.2) is 28.1 Å². The summed E-state index contributed by atoms with van der Waals surface area (Å²) in [5.41, 5.74) is 1.91. The third-order valence-corrected chi connectivity index (χ3v) is 3.95. The third kappa shape index (κ3) is 4.40. The van der Waals surface area contributed by atoms with E-state index in [1.54, 1.807) is 6.20 Å². The molecule has 0 spiro atoms. The van der Waals surface area contributed by atoms with Gasteiger partial charge < -0.3 is 24.8 Å². The minimum Gasteiger partial charge on any atom is -0.491 e. The Bertz CT molecular complexity index is 947. The van der Waals surface area contributed by atoms with Gasteiger partial charge in [-0.25, -0.2) is 0 Å². The summed E-state index contributed by atoms with van der Waals surface area (Å²) in [4.78, 5) is 4.44. The Balaban J connectivity index is 1.37. The highest BCUT2D eigenvalue weighted by molar-refractivity contribution is 5.55. The molecule has 0 amide bonds. The third-order valence-electron chi connectivity index (χ3n) is 3.95. The Kier molecular flexibility index (Phi) is 5.09. The average molecular weight is 379 g/mol. The molecule has 1 aromatic heterocycles. The molecule has 28 heavy (non-hydrogen) atoms. The van der Waals surface area contributed by atoms with Crippen molar-refractivity contribution in [3.8, 4) is 17.2 Å². The molecule has 144 valence electrons. The number of hydrogen-bond acceptors (Lipinski definition) is 8. The fraction of sp³-hybridized carbons (Fsp3) is 0.250. The molecule has 8 heteroatoms. The van der Waals surface area contributed by atoms with Gasteiger partial charge in [0.2, 0.25) is 12.7 Å². The van der Waals surface area contributed by atoms with E-state index in [-0.39, 0.29) is 12.9 Å². The molecule has 4 rings (SSSR count). The van der Waals surface area contributed by atoms with E-state index in [1.165, 1.54) is 0 Å². The van der Waals surface area contributed by atoms with Gasteiger partial charge in [0.05, 0.1) is 12.3 Å². The van der Waals surface area contributed by atoms with Crippen LogP contribution in [0.25, 0.3) is 0 Å². The van der Waals surface area contributed by atoms with Crippen LogP contribution in [0.5, 0.6) is 17.2 Å². The molecule has 3 aromatic rings. The van der Waals surface area contributed by atoms with E-state index < -0.39 is 0 Å². The maximum Gasteiger partial charge on any atom is 0.249 e. The zero-order valence-corrected chi connectivity index (χ0v) is 15.7. The van der Waals surface area contributed by atoms with Gasteiger partial charge in [0.25, 0.3) is 0 Å². The molecule has 0 fully saturated rings. The van der Waals surface area contributed by atoms with Crippen molar-refractivity contribution in [3.05, 3.63) is 54.2 Å². The Morgan fingerprint density at radius 3 is 2.71 bits per heavy atom. The highest BCUT2D eigenvalue weighted by Crippen LogP contribution is 2.32. The number of benzene rings is 2. The number of rotatable bonds is 7. The number of hydrogen-bond donors (Lipinski definition) is 2. The first-order valence-electron chi connectivity index (χ1n) is 9.01. The van der Waals surface area contributed by atoms with Gasteiger partial charge in [-0.3, -0.25) is 0 Å². The summed E-state index contributed by atoms with van der Waals surface area (Å²) in [5.74, 6) is 3.37. The number of anilines is 3. The Labute approximate surface area is 162 Å². The average Bonchev–Trinajstić information content (AvgIpc) is 3.16. The summed E-state index contributed by atoms with van der Waals surface area (Å²) >= 11 is 0. The van der Waals surface area contributed by atoms with E-state index in [2.05, 4.69) is 25.8 Å². The topological polar surface area (TPSA) is 90.4 Å². The number of nitrogens with zero attached hydrogens (tertiary/aromatic N) is 3. The number of fused-ring (bicyclic) bond motifs is 1. The predicted molar refractivity (Wildman–Crippen MR) is 105 cm³/mol. The fourth-order valence-corrected chi connectivity index (χ4v) is 2.70. The lowest BCUT2D eigenvalue weighted by Crippen LogP contribution is -2.06. The van der Waals surface area contributed by atoms with Crippen LogP contribution in [0.4, 0.5) is 17.5 Å². The monoisotopic (exact) mass is 379 g/mol. The van der Waals surface area contributed by atoms with Gasteiger partial charge in [-0.15, -0.1) is 5.10 Å². The second-order valence-electron chi connectivity index (χ2n) is 6.52. The van der Waals surface area contributed by atoms with Crippen molar-refractivity contribution in [3.63, 3.8) is 0 Å². The normalized spacial score (nSPS) is 12.1. The van der Waals surface area contributed by atoms with Gasteiger partial charge in [0.1, 0.15) is 5.75 Å². The summed E-state index contributed by atoms with van der Waals surface area (Å²) in [7, 11) is 0. The van der Waals surface area contributed by atoms with E-state index in [0.29, 0.717) is 18.3 Å². The Hall–Kier alpha value is -3.55. The van der Waals surface area contributed by atoms with Gasteiger partial charge in [-0.05, 0) is 55.8 Å². The van der Waals surface area contributed by atoms with E-state index in [4.69, 9.17) is 14.2 Å². The molecule has 0 saturated carbocycles. The molecule has 0 radical (unpaired) electrons. The van der Waals surface area contributed by atoms with Gasteiger partial charge in [-0.1, -0.05) is 6.07 Å². The molecule has 0 saturated heterocycles. The van der Waals surface area contributed by atoms with E-state index in [9.17, 15) is 0 Å². The molecule has 2 heterocycles. The maximum atomic E-state index is 5.64. The van der Waals surface area contributed by atoms with Gasteiger partial charge in [0, 0.05) is 12.2 Å². The van der Waals surface area contributed by atoms with Crippen LogP contribution in [0.2, 0.25) is 0 Å². The highest BCUT2D eigenvalue weighted by Gasteiger charge is 2.13. The van der Waals surface area contributed by atoms with Crippen molar-refractivity contribution in [2.45, 2.75) is 26.5 Å². The zero-order valence-electron chi connectivity index (χ0n) is 15.7. The van der Waals surface area contributed by atoms with Crippen LogP contribution in [0.15, 0.2) is 48.7 Å². The minimum absolute atomic E-state index is 0.138. The molecule has 0 atom stereocenters. The van der Waals surface area contributed by atoms with Crippen molar-refractivity contribution in [1.29, 1.82) is 0 Å². The van der Waals surface area contributed by atoms with Crippen LogP contribution >= 0.6 is 0 Å². The molecule has 0 unspecified atom stereocenters. The second kappa shape index (κ2) is 7.99. The van der Waals surface area contributed by atoms with Crippen LogP contribution in [0, 0.1) is 0 Å². The first-order chi connectivity index (χ1) is 13.7. The van der Waals surface area contributed by atoms with Crippen molar-refractivity contribution in [2.75, 3.05) is 17.4 Å². The number of aromatic nitrogens is 3. The van der Waals surface area contributed by atoms with E-state index in [1.807, 2.05) is 56.3 Å². The van der Waals surface area contributed by atoms with Gasteiger partial charge >= 0.3 is 0 Å². The summed E-state index contributed by atoms with van der Waals surface area (Å²) in [6.45, 7) is 4.83. The van der Waals surface area contributed by atoms with E-state index in [0.717, 1.165) is 28.5 Å². The van der Waals surface area contributed by atoms with Crippen molar-refractivity contribution in [2.24, 2.45) is 0 Å². The largest absolute Gasteiger partial charge is 0.491 e. The zero-order chi connectivity index (χ0) is 19.3. The molecule has 1 aliphatic heterocycles. The van der Waals surface area contributed by atoms with Crippen LogP contribution in [0.3, 0.4) is 0 Å². The smallest absolute Gasteiger partial charge is 0.249 e. The Morgan fingerprint density at radius 2 is 1.89 bits per heavy atom. The van der Waals surface area contributed by atoms with Crippen molar-refractivity contribution < 1.29 is 14.2 Å². The SMILES string of the molecule is CC(C)Oc1ccc(Nc2nncc(NCc3ccc4c(c3)OCO4)n2)cc1. The molecule has 0 aliphatic carbocycles. The van der Waals surface area contributed by atoms with E-state index >= 15 is 0 Å². The minimum atomic E-state index is 0.138. The summed E-state index contributed by atoms with van der Waals surface area (Å²) in [6, 6.07) is 13.5. The first-order valence-corrected chi connectivity index (χ1v) is 9.01. The Morgan fingerprint density at radius 1 is 1.07 bits per heavy atom. The van der Waals surface area contributed by atoms with Gasteiger partial charge in [0.15, 0.2) is 17.3 Å². The predicted octanol–water partition coefficient (Wildman–Crippen LogP) is 3.74. The lowest BCUT2D eigenvalue weighted by atomic mass is 10.2. The standard InChI is InChI=1S/C20H21N5O3/c1-13(2)28-16-6-4-15(5-7-16)23-20-24-19(11-22-25-20)21-10-14-3-8-17-18(9-14)27-12-26-17/h3-9,11,13H,10,12H2,1-2H3,(H2,21,23,24,25). The fourth-order valence-electron chi connectivity index (χ4n) is 2.70. The van der Waals surface area contributed by atoms with Crippen LogP contribution < -0.4 is 24.8 Å². The molecule has 0 bridgehead atoms. The summed E-state index contributed by atoms with van der Waals surface area (Å²) < 4.78 is 16.4. The summed E-state index contributed by atoms with van der Waals surface area (Å²) in [6.07, 6.45) is 1.72. The molecule has 8 nitrogen and oxygen atoms in total. The summed E-state index contributed by atoms with van der Waals surface area (Å²) in [5, 5.41) is 14.4. The lowest BCUT2D eigenvalue weighted by Gasteiger charge is -2.11. The number of nitrogens with one attached hydrogen (secondary N) is 2. The maximum absolute atomic E-state index is 5.64. The molecular weight excluding hydrogens is 358 g/mol. The van der Waals surface area contributed by atoms with Gasteiger partial charge in [-0.2, -0.15) is 10.1 Å². The molecule has 2 aromatic carbocycles. The molecule has 2 N–H and O–H groups in total. The van der Waals surface area contributed by atoms with Crippen molar-refractivity contribution in [1.82, 2.24) is 15.2 Å². The second-order valence-corrected chi connectivity index (χ2v) is 6.52.